The van der Waals surface area contributed by atoms with Gasteiger partial charge in [0.25, 0.3) is 10.1 Å². The molecule has 0 N–H and O–H groups in total. The molecule has 1 fully saturated rings. The third kappa shape index (κ3) is 2.91. The molecule has 0 aromatic carbocycles. The summed E-state index contributed by atoms with van der Waals surface area (Å²) in [6.07, 6.45) is 2.95. The number of Topliss-reactive ketones (excluding diaryl/α,β-unsaturated/α-hetero) is 1. The molecule has 0 amide bonds. The molecule has 1 aliphatic carbocycles. The molecule has 1 saturated carbocycles. The number of hydrogen-bond acceptors (Lipinski definition) is 4. The van der Waals surface area contributed by atoms with Gasteiger partial charge in [-0.25, -0.2) is 0 Å². The van der Waals surface area contributed by atoms with Gasteiger partial charge in [0.1, 0.15) is 6.10 Å². The van der Waals surface area contributed by atoms with Crippen molar-refractivity contribution in [3.05, 3.63) is 0 Å². The normalized spacial score (nSPS) is 25.8. The van der Waals surface area contributed by atoms with Crippen molar-refractivity contribution in [1.29, 1.82) is 0 Å². The van der Waals surface area contributed by atoms with Gasteiger partial charge in [0.2, 0.25) is 0 Å². The third-order valence-electron chi connectivity index (χ3n) is 1.79. The van der Waals surface area contributed by atoms with E-state index in [-0.39, 0.29) is 5.78 Å². The molecular formula is C7H12O4S. The monoisotopic (exact) mass is 192 g/mol. The number of carbonyl (C=O) groups excluding carboxylic acids is 1. The first-order valence-corrected chi connectivity index (χ1v) is 5.72. The van der Waals surface area contributed by atoms with E-state index in [1.54, 1.807) is 0 Å². The Hall–Kier alpha value is -0.420. The fraction of sp³-hybridized carbons (Fsp3) is 0.857. The highest BCUT2D eigenvalue weighted by molar-refractivity contribution is 7.86. The minimum absolute atomic E-state index is 0.0910. The highest BCUT2D eigenvalue weighted by Gasteiger charge is 2.26. The lowest BCUT2D eigenvalue weighted by Crippen LogP contribution is -2.29. The molecule has 0 aromatic heterocycles. The second-order valence-electron chi connectivity index (χ2n) is 3.00. The van der Waals surface area contributed by atoms with Crippen LogP contribution >= 0.6 is 0 Å². The van der Waals surface area contributed by atoms with Crippen LogP contribution in [0, 0.1) is 0 Å². The summed E-state index contributed by atoms with van der Waals surface area (Å²) in [5.74, 6) is -0.0910. The first-order valence-electron chi connectivity index (χ1n) is 3.90. The van der Waals surface area contributed by atoms with Gasteiger partial charge in [-0.3, -0.25) is 8.98 Å². The molecule has 0 spiro atoms. The molecule has 0 heterocycles. The molecule has 0 bridgehead atoms. The van der Waals surface area contributed by atoms with Crippen molar-refractivity contribution in [2.24, 2.45) is 0 Å². The Balaban J connectivity index is 2.56. The maximum atomic E-state index is 11.1. The molecule has 0 radical (unpaired) electrons. The van der Waals surface area contributed by atoms with Gasteiger partial charge < -0.3 is 0 Å². The van der Waals surface area contributed by atoms with Gasteiger partial charge in [0.15, 0.2) is 5.78 Å². The van der Waals surface area contributed by atoms with Gasteiger partial charge in [-0.05, 0) is 19.3 Å². The highest BCUT2D eigenvalue weighted by Crippen LogP contribution is 2.18. The molecule has 1 unspecified atom stereocenters. The largest absolute Gasteiger partial charge is 0.297 e. The van der Waals surface area contributed by atoms with Gasteiger partial charge in [-0.1, -0.05) is 0 Å². The summed E-state index contributed by atoms with van der Waals surface area (Å²) in [7, 11) is -3.48. The summed E-state index contributed by atoms with van der Waals surface area (Å²) in [6, 6.07) is 0. The molecular weight excluding hydrogens is 180 g/mol. The van der Waals surface area contributed by atoms with Crippen LogP contribution in [0.2, 0.25) is 0 Å². The van der Waals surface area contributed by atoms with Crippen molar-refractivity contribution in [3.8, 4) is 0 Å². The molecule has 0 aliphatic heterocycles. The molecule has 0 saturated heterocycles. The zero-order chi connectivity index (χ0) is 9.19. The molecule has 70 valence electrons. The SMILES string of the molecule is CS(=O)(=O)OC1CCCCC1=O. The van der Waals surface area contributed by atoms with E-state index in [0.717, 1.165) is 19.1 Å². The number of ketones is 1. The van der Waals surface area contributed by atoms with Crippen molar-refractivity contribution in [2.75, 3.05) is 6.26 Å². The van der Waals surface area contributed by atoms with Crippen LogP contribution in [0.25, 0.3) is 0 Å². The molecule has 0 aromatic rings. The Morgan fingerprint density at radius 3 is 2.58 bits per heavy atom. The second-order valence-corrected chi connectivity index (χ2v) is 4.60. The maximum absolute atomic E-state index is 11.1. The zero-order valence-corrected chi connectivity index (χ0v) is 7.76. The lowest BCUT2D eigenvalue weighted by Gasteiger charge is -2.18. The van der Waals surface area contributed by atoms with Crippen molar-refractivity contribution in [3.63, 3.8) is 0 Å². The summed E-state index contributed by atoms with van der Waals surface area (Å²) in [5, 5.41) is 0. The van der Waals surface area contributed by atoms with Crippen molar-refractivity contribution in [2.45, 2.75) is 31.8 Å². The number of rotatable bonds is 2. The van der Waals surface area contributed by atoms with Crippen LogP contribution in [-0.2, 0) is 19.1 Å². The Bertz CT molecular complexity index is 267. The Morgan fingerprint density at radius 1 is 1.42 bits per heavy atom. The van der Waals surface area contributed by atoms with Crippen LogP contribution in [-0.4, -0.2) is 26.6 Å². The molecule has 1 rings (SSSR count). The van der Waals surface area contributed by atoms with E-state index < -0.39 is 16.2 Å². The average Bonchev–Trinajstić information content (AvgIpc) is 1.91. The van der Waals surface area contributed by atoms with Gasteiger partial charge in [-0.2, -0.15) is 8.42 Å². The first-order chi connectivity index (χ1) is 5.49. The minimum Gasteiger partial charge on any atom is -0.297 e. The van der Waals surface area contributed by atoms with Gasteiger partial charge in [0, 0.05) is 6.42 Å². The van der Waals surface area contributed by atoms with Crippen LogP contribution in [0.5, 0.6) is 0 Å². The summed E-state index contributed by atoms with van der Waals surface area (Å²) < 4.78 is 26.0. The van der Waals surface area contributed by atoms with E-state index in [2.05, 4.69) is 4.18 Å². The smallest absolute Gasteiger partial charge is 0.265 e. The predicted octanol–water partition coefficient (Wildman–Crippen LogP) is 0.474. The fourth-order valence-corrected chi connectivity index (χ4v) is 1.89. The quantitative estimate of drug-likeness (QED) is 0.597. The Morgan fingerprint density at radius 2 is 2.08 bits per heavy atom. The fourth-order valence-electron chi connectivity index (χ4n) is 1.26. The van der Waals surface area contributed by atoms with E-state index in [9.17, 15) is 13.2 Å². The average molecular weight is 192 g/mol. The van der Waals surface area contributed by atoms with Crippen LogP contribution in [0.15, 0.2) is 0 Å². The first kappa shape index (κ1) is 9.67. The third-order valence-corrected chi connectivity index (χ3v) is 2.37. The summed E-state index contributed by atoms with van der Waals surface area (Å²) >= 11 is 0. The zero-order valence-electron chi connectivity index (χ0n) is 6.95. The van der Waals surface area contributed by atoms with E-state index in [1.165, 1.54) is 0 Å². The van der Waals surface area contributed by atoms with Crippen LogP contribution in [0.1, 0.15) is 25.7 Å². The van der Waals surface area contributed by atoms with Crippen LogP contribution in [0.4, 0.5) is 0 Å². The summed E-state index contributed by atoms with van der Waals surface area (Å²) in [5.41, 5.74) is 0. The molecule has 5 heteroatoms. The predicted molar refractivity (Wildman–Crippen MR) is 43.2 cm³/mol. The van der Waals surface area contributed by atoms with Crippen molar-refractivity contribution >= 4 is 15.9 Å². The van der Waals surface area contributed by atoms with E-state index in [0.29, 0.717) is 12.8 Å². The highest BCUT2D eigenvalue weighted by atomic mass is 32.2. The maximum Gasteiger partial charge on any atom is 0.265 e. The standard InChI is InChI=1S/C7H12O4S/c1-12(9,10)11-7-5-3-2-4-6(7)8/h7H,2-5H2,1H3. The lowest BCUT2D eigenvalue weighted by atomic mass is 9.97. The lowest BCUT2D eigenvalue weighted by molar-refractivity contribution is -0.127. The topological polar surface area (TPSA) is 60.4 Å². The van der Waals surface area contributed by atoms with Crippen LogP contribution < -0.4 is 0 Å². The molecule has 4 nitrogen and oxygen atoms in total. The Labute approximate surface area is 72.0 Å². The van der Waals surface area contributed by atoms with E-state index in [4.69, 9.17) is 0 Å². The molecule has 1 aliphatic rings. The van der Waals surface area contributed by atoms with Gasteiger partial charge >= 0.3 is 0 Å². The minimum atomic E-state index is -3.48. The Kier molecular flexibility index (Phi) is 2.85. The van der Waals surface area contributed by atoms with E-state index in [1.807, 2.05) is 0 Å². The van der Waals surface area contributed by atoms with E-state index >= 15 is 0 Å². The summed E-state index contributed by atoms with van der Waals surface area (Å²) in [4.78, 5) is 11.1. The second kappa shape index (κ2) is 3.53. The molecule has 1 atom stereocenters. The summed E-state index contributed by atoms with van der Waals surface area (Å²) in [6.45, 7) is 0. The van der Waals surface area contributed by atoms with Crippen molar-refractivity contribution < 1.29 is 17.4 Å². The van der Waals surface area contributed by atoms with Crippen molar-refractivity contribution in [1.82, 2.24) is 0 Å². The molecule has 12 heavy (non-hydrogen) atoms. The number of hydrogen-bond donors (Lipinski definition) is 0. The van der Waals surface area contributed by atoms with Gasteiger partial charge in [0.05, 0.1) is 6.26 Å². The van der Waals surface area contributed by atoms with Crippen LogP contribution in [0.3, 0.4) is 0 Å². The van der Waals surface area contributed by atoms with Gasteiger partial charge in [-0.15, -0.1) is 0 Å². The number of carbonyl (C=O) groups is 1.